The van der Waals surface area contributed by atoms with Crippen LogP contribution in [-0.4, -0.2) is 30.9 Å². The first-order valence-electron chi connectivity index (χ1n) is 7.28. The summed E-state index contributed by atoms with van der Waals surface area (Å²) in [7, 11) is 0. The van der Waals surface area contributed by atoms with Crippen molar-refractivity contribution in [1.29, 1.82) is 0 Å². The van der Waals surface area contributed by atoms with Gasteiger partial charge in [0.2, 0.25) is 0 Å². The fraction of sp³-hybridized carbons (Fsp3) is 0.188. The maximum atomic E-state index is 14.3. The average Bonchev–Trinajstić information content (AvgIpc) is 3.12. The number of H-pyrrole nitrogens is 1. The molecule has 0 unspecified atom stereocenters. The van der Waals surface area contributed by atoms with Gasteiger partial charge < -0.3 is 14.1 Å². The number of hydrogen-bond donors (Lipinski definition) is 1. The highest BCUT2D eigenvalue weighted by molar-refractivity contribution is 5.93. The van der Waals surface area contributed by atoms with Crippen molar-refractivity contribution in [2.45, 2.75) is 13.8 Å². The van der Waals surface area contributed by atoms with Crippen molar-refractivity contribution in [2.24, 2.45) is 0 Å². The molecule has 0 bridgehead atoms. The van der Waals surface area contributed by atoms with Gasteiger partial charge in [0, 0.05) is 47.0 Å². The number of halogens is 1. The summed E-state index contributed by atoms with van der Waals surface area (Å²) in [5.74, 6) is -0.364. The van der Waals surface area contributed by atoms with E-state index in [-0.39, 0.29) is 5.82 Å². The van der Waals surface area contributed by atoms with Gasteiger partial charge in [-0.05, 0) is 19.9 Å². The van der Waals surface area contributed by atoms with Crippen LogP contribution in [0.1, 0.15) is 12.6 Å². The number of fused-ring (bicyclic) bond motifs is 2. The zero-order chi connectivity index (χ0) is 16.0. The standard InChI is InChI=1S/C16H14FN5O/c1-3-23-16-20-7-12-11(6-18-14(12)21-16)10-4-13(17)15-19-5-9(2)22(15)8-10/h4-8H,3H2,1-2H3,(H,18,20,21). The van der Waals surface area contributed by atoms with Gasteiger partial charge >= 0.3 is 6.01 Å². The van der Waals surface area contributed by atoms with E-state index in [1.54, 1.807) is 23.0 Å². The lowest BCUT2D eigenvalue weighted by Crippen LogP contribution is -1.97. The molecule has 0 saturated carbocycles. The number of ether oxygens (including phenoxy) is 1. The molecule has 7 heteroatoms. The quantitative estimate of drug-likeness (QED) is 0.631. The first kappa shape index (κ1) is 13.7. The zero-order valence-corrected chi connectivity index (χ0v) is 12.7. The molecule has 23 heavy (non-hydrogen) atoms. The van der Waals surface area contributed by atoms with E-state index in [2.05, 4.69) is 19.9 Å². The Kier molecular flexibility index (Phi) is 3.00. The highest BCUT2D eigenvalue weighted by atomic mass is 19.1. The van der Waals surface area contributed by atoms with Crippen molar-refractivity contribution in [1.82, 2.24) is 24.3 Å². The Balaban J connectivity index is 1.90. The second kappa shape index (κ2) is 5.05. The molecule has 0 saturated heterocycles. The van der Waals surface area contributed by atoms with Crippen LogP contribution in [-0.2, 0) is 0 Å². The fourth-order valence-electron chi connectivity index (χ4n) is 2.64. The average molecular weight is 311 g/mol. The smallest absolute Gasteiger partial charge is 0.318 e. The predicted octanol–water partition coefficient (Wildman–Crippen LogP) is 3.12. The molecule has 0 aliphatic rings. The molecule has 0 aliphatic carbocycles. The van der Waals surface area contributed by atoms with Crippen molar-refractivity contribution >= 4 is 16.7 Å². The molecule has 4 rings (SSSR count). The summed E-state index contributed by atoms with van der Waals surface area (Å²) in [5, 5.41) is 0.810. The van der Waals surface area contributed by atoms with Crippen LogP contribution in [0.3, 0.4) is 0 Å². The molecule has 4 aromatic heterocycles. The Labute approximate surface area is 131 Å². The number of aromatic amines is 1. The topological polar surface area (TPSA) is 68.1 Å². The number of hydrogen-bond acceptors (Lipinski definition) is 4. The molecule has 6 nitrogen and oxygen atoms in total. The summed E-state index contributed by atoms with van der Waals surface area (Å²) in [5.41, 5.74) is 3.41. The van der Waals surface area contributed by atoms with Crippen molar-refractivity contribution < 1.29 is 9.13 Å². The second-order valence-electron chi connectivity index (χ2n) is 5.22. The Bertz CT molecular complexity index is 1020. The minimum absolute atomic E-state index is 0.320. The van der Waals surface area contributed by atoms with E-state index >= 15 is 0 Å². The highest BCUT2D eigenvalue weighted by Crippen LogP contribution is 2.29. The minimum atomic E-state index is -0.364. The monoisotopic (exact) mass is 311 g/mol. The van der Waals surface area contributed by atoms with Crippen LogP contribution >= 0.6 is 0 Å². The summed E-state index contributed by atoms with van der Waals surface area (Å²) in [4.78, 5) is 15.6. The van der Waals surface area contributed by atoms with Crippen molar-refractivity contribution in [3.8, 4) is 17.1 Å². The van der Waals surface area contributed by atoms with Crippen LogP contribution in [0.2, 0.25) is 0 Å². The van der Waals surface area contributed by atoms with Gasteiger partial charge in [0.1, 0.15) is 5.65 Å². The molecule has 0 fully saturated rings. The molecule has 0 amide bonds. The zero-order valence-electron chi connectivity index (χ0n) is 12.7. The molecule has 0 aromatic carbocycles. The normalized spacial score (nSPS) is 11.4. The second-order valence-corrected chi connectivity index (χ2v) is 5.22. The van der Waals surface area contributed by atoms with Crippen LogP contribution in [0, 0.1) is 12.7 Å². The molecule has 0 spiro atoms. The van der Waals surface area contributed by atoms with Crippen molar-refractivity contribution in [3.05, 3.63) is 42.4 Å². The largest absolute Gasteiger partial charge is 0.464 e. The Morgan fingerprint density at radius 3 is 3.00 bits per heavy atom. The number of aryl methyl sites for hydroxylation is 1. The van der Waals surface area contributed by atoms with Gasteiger partial charge in [-0.25, -0.2) is 14.4 Å². The Morgan fingerprint density at radius 2 is 2.17 bits per heavy atom. The van der Waals surface area contributed by atoms with E-state index in [4.69, 9.17) is 4.74 Å². The van der Waals surface area contributed by atoms with E-state index in [9.17, 15) is 4.39 Å². The van der Waals surface area contributed by atoms with Gasteiger partial charge in [-0.1, -0.05) is 0 Å². The van der Waals surface area contributed by atoms with E-state index < -0.39 is 0 Å². The number of aromatic nitrogens is 5. The number of nitrogens with zero attached hydrogens (tertiary/aromatic N) is 4. The number of rotatable bonds is 3. The van der Waals surface area contributed by atoms with Gasteiger partial charge in [0.15, 0.2) is 11.5 Å². The minimum Gasteiger partial charge on any atom is -0.464 e. The van der Waals surface area contributed by atoms with E-state index in [1.165, 1.54) is 6.07 Å². The number of nitrogens with one attached hydrogen (secondary N) is 1. The van der Waals surface area contributed by atoms with Gasteiger partial charge in [0.25, 0.3) is 0 Å². The van der Waals surface area contributed by atoms with Crippen LogP contribution in [0.5, 0.6) is 6.01 Å². The third-order valence-electron chi connectivity index (χ3n) is 3.74. The first-order valence-corrected chi connectivity index (χ1v) is 7.28. The fourth-order valence-corrected chi connectivity index (χ4v) is 2.64. The van der Waals surface area contributed by atoms with Gasteiger partial charge in [-0.2, -0.15) is 4.98 Å². The molecule has 0 atom stereocenters. The first-order chi connectivity index (χ1) is 11.2. The van der Waals surface area contributed by atoms with Gasteiger partial charge in [-0.15, -0.1) is 0 Å². The number of imidazole rings is 1. The SMILES string of the molecule is CCOc1ncc2c(-c3cc(F)c4ncc(C)n4c3)c[nH]c2n1. The van der Waals surface area contributed by atoms with Gasteiger partial charge in [0.05, 0.1) is 6.61 Å². The maximum absolute atomic E-state index is 14.3. The highest BCUT2D eigenvalue weighted by Gasteiger charge is 2.13. The van der Waals surface area contributed by atoms with Crippen molar-refractivity contribution in [3.63, 3.8) is 0 Å². The molecule has 4 heterocycles. The molecular weight excluding hydrogens is 297 g/mol. The molecule has 0 radical (unpaired) electrons. The summed E-state index contributed by atoms with van der Waals surface area (Å²) in [6.07, 6.45) is 6.98. The predicted molar refractivity (Wildman–Crippen MR) is 83.9 cm³/mol. The Hall–Kier alpha value is -2.96. The third kappa shape index (κ3) is 2.12. The lowest BCUT2D eigenvalue weighted by molar-refractivity contribution is 0.314. The van der Waals surface area contributed by atoms with Crippen LogP contribution in [0.15, 0.2) is 30.9 Å². The summed E-state index contributed by atoms with van der Waals surface area (Å²) in [6, 6.07) is 1.79. The maximum Gasteiger partial charge on any atom is 0.318 e. The lowest BCUT2D eigenvalue weighted by Gasteiger charge is -2.04. The number of pyridine rings is 1. The van der Waals surface area contributed by atoms with Gasteiger partial charge in [-0.3, -0.25) is 0 Å². The van der Waals surface area contributed by atoms with Crippen LogP contribution in [0.25, 0.3) is 27.8 Å². The van der Waals surface area contributed by atoms with E-state index in [0.29, 0.717) is 23.9 Å². The van der Waals surface area contributed by atoms with Crippen LogP contribution < -0.4 is 4.74 Å². The summed E-state index contributed by atoms with van der Waals surface area (Å²) >= 11 is 0. The molecule has 0 aliphatic heterocycles. The lowest BCUT2D eigenvalue weighted by atomic mass is 10.1. The van der Waals surface area contributed by atoms with Crippen molar-refractivity contribution in [2.75, 3.05) is 6.61 Å². The molecule has 4 aromatic rings. The van der Waals surface area contributed by atoms with E-state index in [0.717, 1.165) is 22.2 Å². The molecular formula is C16H14FN5O. The molecule has 116 valence electrons. The van der Waals surface area contributed by atoms with Crippen LogP contribution in [0.4, 0.5) is 4.39 Å². The summed E-state index contributed by atoms with van der Waals surface area (Å²) < 4.78 is 21.3. The third-order valence-corrected chi connectivity index (χ3v) is 3.74. The summed E-state index contributed by atoms with van der Waals surface area (Å²) in [6.45, 7) is 4.26. The Morgan fingerprint density at radius 1 is 1.30 bits per heavy atom. The molecule has 1 N–H and O–H groups in total. The van der Waals surface area contributed by atoms with E-state index in [1.807, 2.05) is 20.0 Å².